The Hall–Kier alpha value is -2.96. The summed E-state index contributed by atoms with van der Waals surface area (Å²) in [6, 6.07) is 10.0. The van der Waals surface area contributed by atoms with Crippen LogP contribution in [0.4, 0.5) is 14.9 Å². The second-order valence-corrected chi connectivity index (χ2v) is 6.50. The molecule has 0 saturated carbocycles. The Morgan fingerprint density at radius 3 is 2.73 bits per heavy atom. The summed E-state index contributed by atoms with van der Waals surface area (Å²) in [4.78, 5) is 23.2. The average molecular weight is 353 g/mol. The van der Waals surface area contributed by atoms with Crippen LogP contribution >= 0.6 is 0 Å². The molecule has 0 unspecified atom stereocenters. The van der Waals surface area contributed by atoms with E-state index in [4.69, 9.17) is 0 Å². The molecule has 1 N–H and O–H groups in total. The molecule has 0 aliphatic carbocycles. The van der Waals surface area contributed by atoms with Gasteiger partial charge >= 0.3 is 6.03 Å². The van der Waals surface area contributed by atoms with Crippen molar-refractivity contribution in [1.82, 2.24) is 19.4 Å². The van der Waals surface area contributed by atoms with E-state index in [1.807, 2.05) is 19.1 Å². The molecule has 2 aromatic heterocycles. The van der Waals surface area contributed by atoms with E-state index in [1.165, 1.54) is 6.07 Å². The van der Waals surface area contributed by atoms with Crippen molar-refractivity contribution in [3.63, 3.8) is 0 Å². The van der Waals surface area contributed by atoms with Crippen molar-refractivity contribution in [2.24, 2.45) is 0 Å². The Bertz CT molecular complexity index is 946. The van der Waals surface area contributed by atoms with Gasteiger partial charge in [-0.1, -0.05) is 12.1 Å². The predicted octanol–water partition coefficient (Wildman–Crippen LogP) is 3.75. The molecule has 1 saturated heterocycles. The lowest BCUT2D eigenvalue weighted by molar-refractivity contribution is 0.184. The first-order chi connectivity index (χ1) is 12.6. The molecule has 3 heterocycles. The van der Waals surface area contributed by atoms with E-state index < -0.39 is 5.82 Å². The number of aromatic nitrogens is 3. The first kappa shape index (κ1) is 16.5. The Morgan fingerprint density at radius 1 is 1.19 bits per heavy atom. The van der Waals surface area contributed by atoms with Crippen molar-refractivity contribution in [3.05, 3.63) is 54.2 Å². The van der Waals surface area contributed by atoms with Crippen LogP contribution in [0.1, 0.15) is 24.7 Å². The normalized spacial score (nSPS) is 15.4. The van der Waals surface area contributed by atoms with Crippen LogP contribution in [-0.4, -0.2) is 38.6 Å². The maximum atomic E-state index is 13.7. The highest BCUT2D eigenvalue weighted by molar-refractivity contribution is 5.89. The Morgan fingerprint density at radius 2 is 1.96 bits per heavy atom. The molecule has 1 aromatic carbocycles. The lowest BCUT2D eigenvalue weighted by atomic mass is 10.0. The Balaban J connectivity index is 1.45. The van der Waals surface area contributed by atoms with Gasteiger partial charge in [-0.15, -0.1) is 0 Å². The number of benzene rings is 1. The molecule has 0 radical (unpaired) electrons. The van der Waals surface area contributed by atoms with E-state index in [-0.39, 0.29) is 17.8 Å². The summed E-state index contributed by atoms with van der Waals surface area (Å²) in [6.07, 6.45) is 3.40. The number of nitrogens with one attached hydrogen (secondary N) is 1. The molecule has 2 amide bonds. The summed E-state index contributed by atoms with van der Waals surface area (Å²) < 4.78 is 15.9. The van der Waals surface area contributed by atoms with Gasteiger partial charge in [0.2, 0.25) is 0 Å². The highest BCUT2D eigenvalue weighted by atomic mass is 19.1. The molecule has 0 atom stereocenters. The van der Waals surface area contributed by atoms with E-state index in [1.54, 1.807) is 29.3 Å². The molecule has 7 heteroatoms. The number of carbonyl (C=O) groups excluding carboxylic acids is 1. The quantitative estimate of drug-likeness (QED) is 0.763. The van der Waals surface area contributed by atoms with Crippen LogP contribution in [-0.2, 0) is 0 Å². The van der Waals surface area contributed by atoms with Gasteiger partial charge in [-0.05, 0) is 44.0 Å². The van der Waals surface area contributed by atoms with Crippen LogP contribution in [0, 0.1) is 12.7 Å². The monoisotopic (exact) mass is 353 g/mol. The number of hydrogen-bond acceptors (Lipinski definition) is 3. The average Bonchev–Trinajstić information content (AvgIpc) is 2.99. The number of anilines is 1. The zero-order valence-corrected chi connectivity index (χ0v) is 14.5. The number of rotatable bonds is 2. The predicted molar refractivity (Wildman–Crippen MR) is 97.5 cm³/mol. The van der Waals surface area contributed by atoms with Gasteiger partial charge in [0, 0.05) is 25.3 Å². The number of imidazole rings is 1. The minimum Gasteiger partial charge on any atom is -0.324 e. The van der Waals surface area contributed by atoms with Crippen molar-refractivity contribution in [3.8, 4) is 0 Å². The fraction of sp³-hybridized carbons (Fsp3) is 0.316. The largest absolute Gasteiger partial charge is 0.324 e. The summed E-state index contributed by atoms with van der Waals surface area (Å²) in [6.45, 7) is 3.20. The van der Waals surface area contributed by atoms with Crippen LogP contribution < -0.4 is 5.32 Å². The van der Waals surface area contributed by atoms with Gasteiger partial charge in [-0.25, -0.2) is 19.2 Å². The minimum absolute atomic E-state index is 0.209. The molecule has 26 heavy (non-hydrogen) atoms. The van der Waals surface area contributed by atoms with Crippen molar-refractivity contribution in [1.29, 1.82) is 0 Å². The van der Waals surface area contributed by atoms with Gasteiger partial charge < -0.3 is 14.8 Å². The molecule has 0 spiro atoms. The molecule has 6 nitrogen and oxygen atoms in total. The molecular formula is C19H20FN5O. The number of pyridine rings is 1. The standard InChI is InChI=1S/C19H20FN5O/c1-13-22-17-7-4-10-21-18(17)25(13)14-8-11-24(12-9-14)19(26)23-16-6-3-2-5-15(16)20/h2-7,10,14H,8-9,11-12H2,1H3,(H,23,26). The topological polar surface area (TPSA) is 63.1 Å². The van der Waals surface area contributed by atoms with Crippen molar-refractivity contribution in [2.75, 3.05) is 18.4 Å². The highest BCUT2D eigenvalue weighted by Crippen LogP contribution is 2.28. The van der Waals surface area contributed by atoms with Gasteiger partial charge in [0.15, 0.2) is 5.65 Å². The van der Waals surface area contributed by atoms with Gasteiger partial charge in [-0.3, -0.25) is 0 Å². The number of nitrogens with zero attached hydrogens (tertiary/aromatic N) is 4. The van der Waals surface area contributed by atoms with Crippen LogP contribution in [0.15, 0.2) is 42.6 Å². The Kier molecular flexibility index (Phi) is 4.28. The Labute approximate surface area is 150 Å². The first-order valence-corrected chi connectivity index (χ1v) is 8.73. The summed E-state index contributed by atoms with van der Waals surface area (Å²) in [5.41, 5.74) is 1.99. The van der Waals surface area contributed by atoms with Crippen molar-refractivity contribution < 1.29 is 9.18 Å². The number of likely N-dealkylation sites (tertiary alicyclic amines) is 1. The molecule has 134 valence electrons. The van der Waals surface area contributed by atoms with Crippen LogP contribution in [0.5, 0.6) is 0 Å². The molecule has 1 aliphatic rings. The number of aryl methyl sites for hydroxylation is 1. The van der Waals surface area contributed by atoms with E-state index in [2.05, 4.69) is 19.9 Å². The molecule has 1 aliphatic heterocycles. The lowest BCUT2D eigenvalue weighted by Crippen LogP contribution is -2.41. The number of amides is 2. The number of hydrogen-bond donors (Lipinski definition) is 1. The van der Waals surface area contributed by atoms with E-state index in [0.29, 0.717) is 13.1 Å². The molecular weight excluding hydrogens is 333 g/mol. The maximum absolute atomic E-state index is 13.7. The fourth-order valence-corrected chi connectivity index (χ4v) is 3.56. The molecule has 0 bridgehead atoms. The number of halogens is 1. The first-order valence-electron chi connectivity index (χ1n) is 8.73. The van der Waals surface area contributed by atoms with E-state index >= 15 is 0 Å². The maximum Gasteiger partial charge on any atom is 0.321 e. The minimum atomic E-state index is -0.428. The smallest absolute Gasteiger partial charge is 0.321 e. The summed E-state index contributed by atoms with van der Waals surface area (Å²) in [5, 5.41) is 2.65. The zero-order chi connectivity index (χ0) is 18.1. The van der Waals surface area contributed by atoms with E-state index in [0.717, 1.165) is 29.8 Å². The third-order valence-electron chi connectivity index (χ3n) is 4.86. The number of fused-ring (bicyclic) bond motifs is 1. The lowest BCUT2D eigenvalue weighted by Gasteiger charge is -2.33. The molecule has 3 aromatic rings. The molecule has 1 fully saturated rings. The summed E-state index contributed by atoms with van der Waals surface area (Å²) in [5.74, 6) is 0.510. The van der Waals surface area contributed by atoms with E-state index in [9.17, 15) is 9.18 Å². The number of para-hydroxylation sites is 1. The molecule has 4 rings (SSSR count). The van der Waals surface area contributed by atoms with Crippen LogP contribution in [0.3, 0.4) is 0 Å². The summed E-state index contributed by atoms with van der Waals surface area (Å²) in [7, 11) is 0. The third kappa shape index (κ3) is 3.00. The summed E-state index contributed by atoms with van der Waals surface area (Å²) >= 11 is 0. The second-order valence-electron chi connectivity index (χ2n) is 6.50. The van der Waals surface area contributed by atoms with Gasteiger partial charge in [0.1, 0.15) is 17.2 Å². The third-order valence-corrected chi connectivity index (χ3v) is 4.86. The van der Waals surface area contributed by atoms with Crippen LogP contribution in [0.2, 0.25) is 0 Å². The second kappa shape index (κ2) is 6.74. The highest BCUT2D eigenvalue weighted by Gasteiger charge is 2.26. The SMILES string of the molecule is Cc1nc2cccnc2n1C1CCN(C(=O)Nc2ccccc2F)CC1. The number of urea groups is 1. The van der Waals surface area contributed by atoms with Crippen LogP contribution in [0.25, 0.3) is 11.2 Å². The number of carbonyl (C=O) groups is 1. The van der Waals surface area contributed by atoms with Gasteiger partial charge in [0.25, 0.3) is 0 Å². The van der Waals surface area contributed by atoms with Gasteiger partial charge in [0.05, 0.1) is 5.69 Å². The fourth-order valence-electron chi connectivity index (χ4n) is 3.56. The van der Waals surface area contributed by atoms with Crippen molar-refractivity contribution in [2.45, 2.75) is 25.8 Å². The van der Waals surface area contributed by atoms with Crippen molar-refractivity contribution >= 4 is 22.9 Å². The zero-order valence-electron chi connectivity index (χ0n) is 14.5. The van der Waals surface area contributed by atoms with Gasteiger partial charge in [-0.2, -0.15) is 0 Å². The number of piperidine rings is 1.